The Balaban J connectivity index is 1.28. The highest BCUT2D eigenvalue weighted by molar-refractivity contribution is 7.22. The molecule has 2 aliphatic heterocycles. The van der Waals surface area contributed by atoms with Crippen molar-refractivity contribution in [2.75, 3.05) is 33.3 Å². The number of rotatable bonds is 8. The number of hydrogen-bond donors (Lipinski definition) is 1. The summed E-state index contributed by atoms with van der Waals surface area (Å²) in [5, 5.41) is 15.9. The van der Waals surface area contributed by atoms with Gasteiger partial charge in [-0.1, -0.05) is 23.7 Å². The fourth-order valence-electron chi connectivity index (χ4n) is 7.24. The summed E-state index contributed by atoms with van der Waals surface area (Å²) in [6.45, 7) is 7.15. The number of amides is 1. The fraction of sp³-hybridized carbons (Fsp3) is 0.432. The van der Waals surface area contributed by atoms with E-state index in [1.807, 2.05) is 45.9 Å². The number of fused-ring (bicyclic) bond motifs is 2. The molecule has 1 amide bonds. The maximum absolute atomic E-state index is 14.3. The van der Waals surface area contributed by atoms with Gasteiger partial charge in [0.15, 0.2) is 6.10 Å². The Hall–Kier alpha value is -4.24. The number of methoxy groups -OCH3 is 1. The number of likely N-dealkylation sites (tertiary alicyclic amines) is 2. The highest BCUT2D eigenvalue weighted by Crippen LogP contribution is 2.45. The van der Waals surface area contributed by atoms with Crippen LogP contribution in [-0.4, -0.2) is 91.6 Å². The van der Waals surface area contributed by atoms with Gasteiger partial charge in [-0.3, -0.25) is 4.90 Å². The van der Waals surface area contributed by atoms with Crippen molar-refractivity contribution in [3.8, 4) is 21.8 Å². The smallest absolute Gasteiger partial charge is 0.409 e. The summed E-state index contributed by atoms with van der Waals surface area (Å²) < 4.78 is 41.0. The number of piperidine rings is 1. The number of nitrogens with zero attached hydrogens (tertiary/aromatic N) is 6. The topological polar surface area (TPSA) is 123 Å². The quantitative estimate of drug-likeness (QED) is 0.167. The molecule has 2 saturated heterocycles. The first-order chi connectivity index (χ1) is 24.7. The summed E-state index contributed by atoms with van der Waals surface area (Å²) >= 11 is 7.60. The van der Waals surface area contributed by atoms with Crippen LogP contribution in [0.1, 0.15) is 69.0 Å². The number of carbonyl (C=O) groups is 2. The number of hydrogen-bond acceptors (Lipinski definition) is 9. The number of carboxylic acid groups (broad SMARTS) is 1. The molecule has 1 atom stereocenters. The number of aryl methyl sites for hydroxylation is 1. The second-order valence-electron chi connectivity index (χ2n) is 14.3. The molecule has 2 fully saturated rings. The zero-order valence-electron chi connectivity index (χ0n) is 29.4. The summed E-state index contributed by atoms with van der Waals surface area (Å²) in [6, 6.07) is 12.6. The molecule has 0 bridgehead atoms. The van der Waals surface area contributed by atoms with Crippen LogP contribution in [0.15, 0.2) is 42.5 Å². The number of aromatic nitrogens is 4. The highest BCUT2D eigenvalue weighted by Gasteiger charge is 2.38. The van der Waals surface area contributed by atoms with Crippen LogP contribution in [0.2, 0.25) is 5.02 Å². The molecule has 274 valence electrons. The fourth-order valence-corrected chi connectivity index (χ4v) is 8.46. The molecule has 5 heterocycles. The molecule has 52 heavy (non-hydrogen) atoms. The third-order valence-electron chi connectivity index (χ3n) is 9.73. The molecule has 0 aliphatic carbocycles. The predicted octanol–water partition coefficient (Wildman–Crippen LogP) is 8.30. The van der Waals surface area contributed by atoms with Crippen molar-refractivity contribution in [3.63, 3.8) is 0 Å². The molecule has 1 unspecified atom stereocenters. The van der Waals surface area contributed by atoms with Crippen molar-refractivity contribution in [3.05, 3.63) is 64.3 Å². The van der Waals surface area contributed by atoms with E-state index in [0.717, 1.165) is 28.0 Å². The van der Waals surface area contributed by atoms with Crippen molar-refractivity contribution in [1.29, 1.82) is 0 Å². The third-order valence-corrected chi connectivity index (χ3v) is 11.1. The molecule has 1 N–H and O–H groups in total. The van der Waals surface area contributed by atoms with Crippen molar-refractivity contribution in [2.45, 2.75) is 70.8 Å². The van der Waals surface area contributed by atoms with Crippen LogP contribution in [0, 0.1) is 6.92 Å². The van der Waals surface area contributed by atoms with Gasteiger partial charge in [0.2, 0.25) is 0 Å². The largest absolute Gasteiger partial charge is 0.479 e. The molecule has 2 aromatic carbocycles. The van der Waals surface area contributed by atoms with E-state index >= 15 is 0 Å². The van der Waals surface area contributed by atoms with E-state index in [1.165, 1.54) is 18.4 Å². The number of pyridine rings is 1. The number of thiazole rings is 1. The number of ether oxygens (including phenoxy) is 2. The Morgan fingerprint density at radius 1 is 1.06 bits per heavy atom. The van der Waals surface area contributed by atoms with Crippen molar-refractivity contribution in [1.82, 2.24) is 29.5 Å². The Kier molecular flexibility index (Phi) is 9.70. The van der Waals surface area contributed by atoms with E-state index in [4.69, 9.17) is 31.0 Å². The second kappa shape index (κ2) is 14.0. The number of carbonyl (C=O) groups excluding carboxylic acids is 1. The highest BCUT2D eigenvalue weighted by atomic mass is 35.5. The van der Waals surface area contributed by atoms with Crippen LogP contribution < -0.4 is 0 Å². The van der Waals surface area contributed by atoms with E-state index in [-0.39, 0.29) is 23.6 Å². The van der Waals surface area contributed by atoms with Gasteiger partial charge in [0, 0.05) is 41.2 Å². The van der Waals surface area contributed by atoms with Crippen LogP contribution in [0.5, 0.6) is 0 Å². The van der Waals surface area contributed by atoms with Crippen LogP contribution in [0.4, 0.5) is 13.6 Å². The summed E-state index contributed by atoms with van der Waals surface area (Å²) in [7, 11) is 1.37. The molecule has 3 aromatic heterocycles. The summed E-state index contributed by atoms with van der Waals surface area (Å²) in [5.41, 5.74) is 4.22. The van der Waals surface area contributed by atoms with Gasteiger partial charge < -0.3 is 19.5 Å². The monoisotopic (exact) mass is 752 g/mol. The third kappa shape index (κ3) is 6.84. The molecular formula is C37H39ClF2N6O5S. The van der Waals surface area contributed by atoms with Gasteiger partial charge >= 0.3 is 18.6 Å². The van der Waals surface area contributed by atoms with Gasteiger partial charge in [-0.05, 0) is 95.1 Å². The van der Waals surface area contributed by atoms with Gasteiger partial charge in [-0.2, -0.15) is 13.9 Å². The molecule has 2 aliphatic rings. The van der Waals surface area contributed by atoms with E-state index in [9.17, 15) is 23.5 Å². The first kappa shape index (κ1) is 36.1. The van der Waals surface area contributed by atoms with Crippen LogP contribution in [-0.2, 0) is 14.3 Å². The van der Waals surface area contributed by atoms with Gasteiger partial charge in [-0.15, -0.1) is 11.3 Å². The first-order valence-corrected chi connectivity index (χ1v) is 18.3. The van der Waals surface area contributed by atoms with Crippen LogP contribution in [0.3, 0.4) is 0 Å². The van der Waals surface area contributed by atoms with Gasteiger partial charge in [0.1, 0.15) is 10.5 Å². The lowest BCUT2D eigenvalue weighted by atomic mass is 9.91. The maximum atomic E-state index is 14.3. The number of benzene rings is 2. The minimum atomic E-state index is -2.84. The lowest BCUT2D eigenvalue weighted by Crippen LogP contribution is -2.62. The minimum absolute atomic E-state index is 0.0777. The summed E-state index contributed by atoms with van der Waals surface area (Å²) in [5.74, 6) is -1.19. The summed E-state index contributed by atoms with van der Waals surface area (Å²) in [4.78, 5) is 38.4. The lowest BCUT2D eigenvalue weighted by molar-refractivity contribution is -0.160. The minimum Gasteiger partial charge on any atom is -0.479 e. The zero-order valence-corrected chi connectivity index (χ0v) is 31.0. The second-order valence-corrected chi connectivity index (χ2v) is 15.8. The van der Waals surface area contributed by atoms with Gasteiger partial charge in [0.25, 0.3) is 0 Å². The van der Waals surface area contributed by atoms with Crippen LogP contribution >= 0.6 is 22.9 Å². The van der Waals surface area contributed by atoms with E-state index < -0.39 is 24.2 Å². The van der Waals surface area contributed by atoms with Gasteiger partial charge in [0.05, 0.1) is 39.8 Å². The van der Waals surface area contributed by atoms with Crippen molar-refractivity contribution in [2.24, 2.45) is 0 Å². The Labute approximate surface area is 308 Å². The number of carboxylic acids is 1. The first-order valence-electron chi connectivity index (χ1n) is 17.1. The zero-order chi connectivity index (χ0) is 37.1. The van der Waals surface area contributed by atoms with E-state index in [2.05, 4.69) is 10.00 Å². The standard InChI is InChI=1S/C37H39ClF2N6O5S/c1-19-16-25-32(28(20-6-8-22(38)9-7-20)27(19)31(34(47)48)51-37(2,3)4)52-33(42-25)24-10-11-26-30(41-24)29(43-46(26)35(39)40)21-12-14-44(15-13-21)23-17-45(18-23)36(49)50-5/h6-11,16,21,23,31,35H,12-15,17-18H2,1-5H3,(H,47,48). The molecule has 0 saturated carbocycles. The Bertz CT molecular complexity index is 2150. The molecule has 0 radical (unpaired) electrons. The Morgan fingerprint density at radius 3 is 2.37 bits per heavy atom. The maximum Gasteiger partial charge on any atom is 0.409 e. The van der Waals surface area contributed by atoms with Crippen molar-refractivity contribution >= 4 is 56.3 Å². The van der Waals surface area contributed by atoms with Crippen molar-refractivity contribution < 1.29 is 33.0 Å². The van der Waals surface area contributed by atoms with E-state index in [0.29, 0.717) is 75.1 Å². The molecule has 11 nitrogen and oxygen atoms in total. The Morgan fingerprint density at radius 2 is 1.75 bits per heavy atom. The van der Waals surface area contributed by atoms with Crippen LogP contribution in [0.25, 0.3) is 43.1 Å². The van der Waals surface area contributed by atoms with E-state index in [1.54, 1.807) is 29.2 Å². The number of alkyl halides is 2. The molecular weight excluding hydrogens is 714 g/mol. The predicted molar refractivity (Wildman–Crippen MR) is 195 cm³/mol. The number of halogens is 3. The van der Waals surface area contributed by atoms with Gasteiger partial charge in [-0.25, -0.2) is 24.2 Å². The SMILES string of the molecule is COC(=O)N1CC(N2CCC(c3nn(C(F)F)c4ccc(-c5nc6cc(C)c(C(OC(C)(C)C)C(=O)O)c(-c7ccc(Cl)cc7)c6s5)nc34)CC2)C1. The molecule has 5 aromatic rings. The molecule has 0 spiro atoms. The molecule has 7 rings (SSSR count). The molecule has 15 heteroatoms. The number of aliphatic carboxylic acids is 1. The average Bonchev–Trinajstić information content (AvgIpc) is 3.68. The summed E-state index contributed by atoms with van der Waals surface area (Å²) in [6.07, 6.45) is -0.169. The lowest BCUT2D eigenvalue weighted by Gasteiger charge is -2.46. The normalized spacial score (nSPS) is 16.9. The average molecular weight is 753 g/mol.